The van der Waals surface area contributed by atoms with Crippen molar-refractivity contribution < 1.29 is 9.53 Å². The Morgan fingerprint density at radius 3 is 2.27 bits per heavy atom. The Kier molecular flexibility index (Phi) is 8.48. The number of nitrogens with one attached hydrogen (secondary N) is 1. The highest BCUT2D eigenvalue weighted by atomic mass is 35.5. The number of piperazine rings is 1. The molecule has 2 aromatic rings. The minimum atomic E-state index is -0.153. The molecule has 0 saturated carbocycles. The van der Waals surface area contributed by atoms with Crippen LogP contribution in [0.1, 0.15) is 26.2 Å². The summed E-state index contributed by atoms with van der Waals surface area (Å²) in [6, 6.07) is 15.6. The van der Waals surface area contributed by atoms with E-state index in [4.69, 9.17) is 16.3 Å². The molecule has 2 heterocycles. The molecule has 0 radical (unpaired) electrons. The molecule has 1 amide bonds. The van der Waals surface area contributed by atoms with Gasteiger partial charge in [-0.25, -0.2) is 0 Å². The minimum Gasteiger partial charge on any atom is -0.492 e. The van der Waals surface area contributed by atoms with Crippen molar-refractivity contribution in [2.45, 2.75) is 32.2 Å². The van der Waals surface area contributed by atoms with E-state index in [-0.39, 0.29) is 11.9 Å². The van der Waals surface area contributed by atoms with Gasteiger partial charge in [-0.2, -0.15) is 0 Å². The zero-order valence-corrected chi connectivity index (χ0v) is 20.3. The third-order valence-electron chi connectivity index (χ3n) is 6.68. The van der Waals surface area contributed by atoms with Crippen molar-refractivity contribution in [2.75, 3.05) is 62.6 Å². The number of anilines is 2. The second-order valence-electron chi connectivity index (χ2n) is 8.94. The van der Waals surface area contributed by atoms with Gasteiger partial charge < -0.3 is 15.0 Å². The number of carbonyl (C=O) groups is 1. The fourth-order valence-electron chi connectivity index (χ4n) is 4.52. The molecule has 7 heteroatoms. The number of benzene rings is 2. The molecule has 2 saturated heterocycles. The third-order valence-corrected chi connectivity index (χ3v) is 6.93. The highest BCUT2D eigenvalue weighted by Crippen LogP contribution is 2.22. The Labute approximate surface area is 202 Å². The lowest BCUT2D eigenvalue weighted by molar-refractivity contribution is -0.121. The predicted octanol–water partition coefficient (Wildman–Crippen LogP) is 4.35. The first-order chi connectivity index (χ1) is 16.1. The number of piperidine rings is 1. The molecular formula is C26H35ClN4O2. The number of ether oxygens (including phenoxy) is 1. The molecule has 1 N–H and O–H groups in total. The number of rotatable bonds is 8. The summed E-state index contributed by atoms with van der Waals surface area (Å²) >= 11 is 5.91. The number of hydrogen-bond acceptors (Lipinski definition) is 5. The van der Waals surface area contributed by atoms with E-state index in [1.807, 2.05) is 43.3 Å². The van der Waals surface area contributed by atoms with Crippen molar-refractivity contribution in [3.63, 3.8) is 0 Å². The lowest BCUT2D eigenvalue weighted by atomic mass is 10.1. The van der Waals surface area contributed by atoms with Gasteiger partial charge in [-0.1, -0.05) is 11.6 Å². The molecule has 178 valence electrons. The van der Waals surface area contributed by atoms with Crippen molar-refractivity contribution in [1.29, 1.82) is 0 Å². The molecule has 0 aromatic heterocycles. The number of amides is 1. The van der Waals surface area contributed by atoms with Gasteiger partial charge in [-0.05, 0) is 74.7 Å². The van der Waals surface area contributed by atoms with Gasteiger partial charge in [0.1, 0.15) is 12.4 Å². The van der Waals surface area contributed by atoms with Crippen LogP contribution >= 0.6 is 11.6 Å². The van der Waals surface area contributed by atoms with E-state index in [1.165, 1.54) is 24.9 Å². The maximum Gasteiger partial charge on any atom is 0.241 e. The van der Waals surface area contributed by atoms with Crippen LogP contribution in [0.3, 0.4) is 0 Å². The van der Waals surface area contributed by atoms with E-state index in [1.54, 1.807) is 0 Å². The summed E-state index contributed by atoms with van der Waals surface area (Å²) in [7, 11) is 0. The molecule has 2 aliphatic heterocycles. The summed E-state index contributed by atoms with van der Waals surface area (Å²) < 4.78 is 5.81. The standard InChI is InChI=1S/C26H35ClN4O2/c1-21(26(32)28-23-7-9-24(10-8-23)31-13-3-2-4-14-31)30-17-15-29(16-18-30)19-20-33-25-11-5-22(27)6-12-25/h5-12,21H,2-4,13-20H2,1H3,(H,28,32). The van der Waals surface area contributed by atoms with Crippen LogP contribution in [0, 0.1) is 0 Å². The van der Waals surface area contributed by atoms with Gasteiger partial charge in [0, 0.05) is 62.2 Å². The molecule has 1 atom stereocenters. The number of halogens is 1. The Morgan fingerprint density at radius 2 is 1.61 bits per heavy atom. The zero-order chi connectivity index (χ0) is 23.0. The summed E-state index contributed by atoms with van der Waals surface area (Å²) in [6.07, 6.45) is 3.85. The largest absolute Gasteiger partial charge is 0.492 e. The quantitative estimate of drug-likeness (QED) is 0.621. The lowest BCUT2D eigenvalue weighted by Crippen LogP contribution is -2.53. The van der Waals surface area contributed by atoms with Crippen LogP contribution in [-0.2, 0) is 4.79 Å². The molecule has 2 aliphatic rings. The first-order valence-electron chi connectivity index (χ1n) is 12.1. The number of carbonyl (C=O) groups excluding carboxylic acids is 1. The van der Waals surface area contributed by atoms with Crippen molar-refractivity contribution in [1.82, 2.24) is 9.80 Å². The molecule has 0 spiro atoms. The second-order valence-corrected chi connectivity index (χ2v) is 9.38. The van der Waals surface area contributed by atoms with Crippen LogP contribution in [0.25, 0.3) is 0 Å². The van der Waals surface area contributed by atoms with Crippen molar-refractivity contribution in [3.8, 4) is 5.75 Å². The van der Waals surface area contributed by atoms with Gasteiger partial charge in [0.05, 0.1) is 6.04 Å². The molecule has 4 rings (SSSR count). The molecule has 1 unspecified atom stereocenters. The molecule has 33 heavy (non-hydrogen) atoms. The van der Waals surface area contributed by atoms with Crippen molar-refractivity contribution in [3.05, 3.63) is 53.6 Å². The Hall–Kier alpha value is -2.28. The van der Waals surface area contributed by atoms with E-state index < -0.39 is 0 Å². The Morgan fingerprint density at radius 1 is 0.939 bits per heavy atom. The first-order valence-corrected chi connectivity index (χ1v) is 12.5. The van der Waals surface area contributed by atoms with Gasteiger partial charge in [-0.15, -0.1) is 0 Å². The van der Waals surface area contributed by atoms with Gasteiger partial charge in [0.15, 0.2) is 0 Å². The average Bonchev–Trinajstić information content (AvgIpc) is 2.86. The summed E-state index contributed by atoms with van der Waals surface area (Å²) in [6.45, 7) is 9.40. The van der Waals surface area contributed by atoms with Gasteiger partial charge in [0.2, 0.25) is 5.91 Å². The fraction of sp³-hybridized carbons (Fsp3) is 0.500. The van der Waals surface area contributed by atoms with Crippen LogP contribution in [0.4, 0.5) is 11.4 Å². The molecule has 6 nitrogen and oxygen atoms in total. The number of nitrogens with zero attached hydrogens (tertiary/aromatic N) is 3. The van der Waals surface area contributed by atoms with Crippen molar-refractivity contribution >= 4 is 28.9 Å². The molecule has 2 fully saturated rings. The van der Waals surface area contributed by atoms with Crippen LogP contribution in [0.15, 0.2) is 48.5 Å². The van der Waals surface area contributed by atoms with Crippen LogP contribution in [0.2, 0.25) is 5.02 Å². The van der Waals surface area contributed by atoms with E-state index in [0.29, 0.717) is 11.6 Å². The Balaban J connectivity index is 1.17. The topological polar surface area (TPSA) is 48.1 Å². The van der Waals surface area contributed by atoms with E-state index in [2.05, 4.69) is 32.1 Å². The first kappa shape index (κ1) is 23.9. The van der Waals surface area contributed by atoms with E-state index in [9.17, 15) is 4.79 Å². The fourth-order valence-corrected chi connectivity index (χ4v) is 4.64. The summed E-state index contributed by atoms with van der Waals surface area (Å²) in [5.74, 6) is 0.896. The predicted molar refractivity (Wildman–Crippen MR) is 136 cm³/mol. The van der Waals surface area contributed by atoms with Gasteiger partial charge in [-0.3, -0.25) is 14.6 Å². The van der Waals surface area contributed by atoms with Gasteiger partial charge >= 0.3 is 0 Å². The van der Waals surface area contributed by atoms with E-state index >= 15 is 0 Å². The highest BCUT2D eigenvalue weighted by Gasteiger charge is 2.25. The van der Waals surface area contributed by atoms with Gasteiger partial charge in [0.25, 0.3) is 0 Å². The van der Waals surface area contributed by atoms with Crippen molar-refractivity contribution in [2.24, 2.45) is 0 Å². The second kappa shape index (κ2) is 11.7. The normalized spacial score (nSPS) is 18.7. The van der Waals surface area contributed by atoms with E-state index in [0.717, 1.165) is 57.3 Å². The summed E-state index contributed by atoms with van der Waals surface area (Å²) in [4.78, 5) is 19.9. The minimum absolute atomic E-state index is 0.0558. The van der Waals surface area contributed by atoms with Crippen LogP contribution in [-0.4, -0.2) is 74.2 Å². The average molecular weight is 471 g/mol. The molecule has 0 aliphatic carbocycles. The molecular weight excluding hydrogens is 436 g/mol. The summed E-state index contributed by atoms with van der Waals surface area (Å²) in [5, 5.41) is 3.81. The third kappa shape index (κ3) is 6.85. The lowest BCUT2D eigenvalue weighted by Gasteiger charge is -2.37. The summed E-state index contributed by atoms with van der Waals surface area (Å²) in [5.41, 5.74) is 2.11. The van der Waals surface area contributed by atoms with Crippen LogP contribution in [0.5, 0.6) is 5.75 Å². The Bertz CT molecular complexity index is 876. The zero-order valence-electron chi connectivity index (χ0n) is 19.5. The maximum absolute atomic E-state index is 12.8. The molecule has 2 aromatic carbocycles. The highest BCUT2D eigenvalue weighted by molar-refractivity contribution is 6.30. The SMILES string of the molecule is CC(C(=O)Nc1ccc(N2CCCCC2)cc1)N1CCN(CCOc2ccc(Cl)cc2)CC1. The monoisotopic (exact) mass is 470 g/mol. The number of hydrogen-bond donors (Lipinski definition) is 1. The maximum atomic E-state index is 12.8. The molecule has 0 bridgehead atoms. The van der Waals surface area contributed by atoms with Crippen LogP contribution < -0.4 is 15.0 Å². The smallest absolute Gasteiger partial charge is 0.241 e.